The van der Waals surface area contributed by atoms with Gasteiger partial charge in [-0.3, -0.25) is 4.68 Å². The van der Waals surface area contributed by atoms with Crippen molar-refractivity contribution in [2.24, 2.45) is 0 Å². The smallest absolute Gasteiger partial charge is 0.407 e. The number of carbonyl (C=O) groups is 1. The number of ether oxygens (including phenoxy) is 1. The number of aliphatic hydroxyl groups excluding tert-OH is 2. The number of fused-ring (bicyclic) bond motifs is 3. The Morgan fingerprint density at radius 2 is 1.69 bits per heavy atom. The van der Waals surface area contributed by atoms with Crippen LogP contribution in [0, 0.1) is 0 Å². The number of amides is 1. The van der Waals surface area contributed by atoms with Crippen LogP contribution in [0.25, 0.3) is 11.1 Å². The molecule has 2 aromatic carbocycles. The number of carbonyl (C=O) groups excluding carboxylic acids is 1. The van der Waals surface area contributed by atoms with Gasteiger partial charge in [-0.15, -0.1) is 0 Å². The molecule has 168 valence electrons. The van der Waals surface area contributed by atoms with Crippen LogP contribution < -0.4 is 5.32 Å². The van der Waals surface area contributed by atoms with E-state index in [2.05, 4.69) is 34.7 Å². The van der Waals surface area contributed by atoms with Gasteiger partial charge in [-0.1, -0.05) is 48.5 Å². The summed E-state index contributed by atoms with van der Waals surface area (Å²) in [5, 5.41) is 27.5. The Balaban J connectivity index is 1.32. The molecule has 0 saturated heterocycles. The predicted molar refractivity (Wildman–Crippen MR) is 121 cm³/mol. The van der Waals surface area contributed by atoms with Gasteiger partial charge in [0.2, 0.25) is 0 Å². The molecule has 2 atom stereocenters. The van der Waals surface area contributed by atoms with E-state index in [0.717, 1.165) is 22.3 Å². The van der Waals surface area contributed by atoms with Gasteiger partial charge < -0.3 is 20.3 Å². The second-order valence-electron chi connectivity index (χ2n) is 9.11. The maximum Gasteiger partial charge on any atom is 0.407 e. The molecule has 3 N–H and O–H groups in total. The molecule has 0 aliphatic heterocycles. The predicted octanol–water partition coefficient (Wildman–Crippen LogP) is 3.57. The number of hydrogen-bond acceptors (Lipinski definition) is 5. The Bertz CT molecular complexity index is 1060. The topological polar surface area (TPSA) is 96.6 Å². The van der Waals surface area contributed by atoms with E-state index in [4.69, 9.17) is 4.74 Å². The van der Waals surface area contributed by atoms with Crippen molar-refractivity contribution in [1.29, 1.82) is 0 Å². The average Bonchev–Trinajstić information content (AvgIpc) is 3.39. The lowest BCUT2D eigenvalue weighted by Gasteiger charge is -2.20. The summed E-state index contributed by atoms with van der Waals surface area (Å²) in [5.74, 6) is -0.0353. The molecule has 3 aromatic rings. The number of aromatic nitrogens is 2. The summed E-state index contributed by atoms with van der Waals surface area (Å²) in [6.07, 6.45) is 0.227. The Hall–Kier alpha value is -3.16. The number of aliphatic hydroxyl groups is 2. The standard InChI is InChI=1S/C25H29N3O4/c1-25(2,3)28-14-16(12-27-28)23(30)22(29)13-26-24(31)32-15-21-19-10-6-4-8-17(19)18-9-5-7-11-20(18)21/h4-12,14,21-23,29-30H,13,15H2,1-3H3,(H,26,31). The maximum absolute atomic E-state index is 12.3. The SMILES string of the molecule is CC(C)(C)n1cc(C(O)C(O)CNC(=O)OCC2c3ccccc3-c3ccccc32)cn1. The van der Waals surface area contributed by atoms with E-state index in [1.165, 1.54) is 6.20 Å². The molecule has 0 spiro atoms. The fourth-order valence-corrected chi connectivity index (χ4v) is 4.03. The third-order valence-corrected chi connectivity index (χ3v) is 5.80. The molecule has 1 aliphatic carbocycles. The first kappa shape index (κ1) is 22.0. The zero-order valence-corrected chi connectivity index (χ0v) is 18.5. The van der Waals surface area contributed by atoms with Gasteiger partial charge >= 0.3 is 6.09 Å². The van der Waals surface area contributed by atoms with Crippen LogP contribution in [0.2, 0.25) is 0 Å². The summed E-state index contributed by atoms with van der Waals surface area (Å²) < 4.78 is 7.18. The lowest BCUT2D eigenvalue weighted by molar-refractivity contribution is 0.0184. The molecule has 1 aliphatic rings. The first-order valence-corrected chi connectivity index (χ1v) is 10.8. The van der Waals surface area contributed by atoms with Crippen molar-refractivity contribution in [2.75, 3.05) is 13.2 Å². The minimum absolute atomic E-state index is 0.0353. The molecular formula is C25H29N3O4. The van der Waals surface area contributed by atoms with Crippen LogP contribution in [0.1, 0.15) is 49.5 Å². The van der Waals surface area contributed by atoms with Gasteiger partial charge in [0.15, 0.2) is 0 Å². The minimum atomic E-state index is -1.19. The van der Waals surface area contributed by atoms with Gasteiger partial charge in [-0.2, -0.15) is 5.10 Å². The van der Waals surface area contributed by atoms with Crippen LogP contribution >= 0.6 is 0 Å². The average molecular weight is 436 g/mol. The van der Waals surface area contributed by atoms with Crippen molar-refractivity contribution in [1.82, 2.24) is 15.1 Å². The molecule has 2 unspecified atom stereocenters. The van der Waals surface area contributed by atoms with Crippen LogP contribution in [0.15, 0.2) is 60.9 Å². The summed E-state index contributed by atoms with van der Waals surface area (Å²) >= 11 is 0. The third kappa shape index (κ3) is 4.40. The molecule has 0 bridgehead atoms. The van der Waals surface area contributed by atoms with Gasteiger partial charge in [0.1, 0.15) is 18.8 Å². The van der Waals surface area contributed by atoms with E-state index in [-0.39, 0.29) is 24.6 Å². The van der Waals surface area contributed by atoms with Crippen LogP contribution in [0.3, 0.4) is 0 Å². The highest BCUT2D eigenvalue weighted by Crippen LogP contribution is 2.44. The number of nitrogens with zero attached hydrogens (tertiary/aromatic N) is 2. The highest BCUT2D eigenvalue weighted by atomic mass is 16.5. The Labute approximate surface area is 187 Å². The monoisotopic (exact) mass is 435 g/mol. The molecule has 7 heteroatoms. The van der Waals surface area contributed by atoms with Gasteiger partial charge in [-0.05, 0) is 43.0 Å². The zero-order valence-electron chi connectivity index (χ0n) is 18.5. The quantitative estimate of drug-likeness (QED) is 0.550. The Morgan fingerprint density at radius 1 is 1.09 bits per heavy atom. The van der Waals surface area contributed by atoms with E-state index in [9.17, 15) is 15.0 Å². The summed E-state index contributed by atoms with van der Waals surface area (Å²) in [4.78, 5) is 12.3. The summed E-state index contributed by atoms with van der Waals surface area (Å²) in [7, 11) is 0. The van der Waals surface area contributed by atoms with E-state index >= 15 is 0 Å². The van der Waals surface area contributed by atoms with E-state index < -0.39 is 18.3 Å². The first-order valence-electron chi connectivity index (χ1n) is 10.8. The van der Waals surface area contributed by atoms with Crippen molar-refractivity contribution >= 4 is 6.09 Å². The Morgan fingerprint density at radius 3 is 2.25 bits per heavy atom. The second kappa shape index (κ2) is 8.76. The first-order chi connectivity index (χ1) is 15.3. The molecule has 1 aromatic heterocycles. The summed E-state index contributed by atoms with van der Waals surface area (Å²) in [5.41, 5.74) is 4.84. The van der Waals surface area contributed by atoms with Crippen molar-refractivity contribution in [3.63, 3.8) is 0 Å². The van der Waals surface area contributed by atoms with E-state index in [1.54, 1.807) is 10.9 Å². The minimum Gasteiger partial charge on any atom is -0.449 e. The molecule has 0 radical (unpaired) electrons. The summed E-state index contributed by atoms with van der Waals surface area (Å²) in [6, 6.07) is 16.2. The second-order valence-corrected chi connectivity index (χ2v) is 9.11. The van der Waals surface area contributed by atoms with Gasteiger partial charge in [-0.25, -0.2) is 4.79 Å². The van der Waals surface area contributed by atoms with E-state index in [1.807, 2.05) is 45.0 Å². The largest absolute Gasteiger partial charge is 0.449 e. The molecule has 0 fully saturated rings. The number of nitrogens with one attached hydrogen (secondary N) is 1. The van der Waals surface area contributed by atoms with Gasteiger partial charge in [0.05, 0.1) is 11.7 Å². The molecule has 0 saturated carbocycles. The normalized spacial score (nSPS) is 15.0. The molecule has 4 rings (SSSR count). The van der Waals surface area contributed by atoms with Crippen LogP contribution in [0.4, 0.5) is 4.79 Å². The number of benzene rings is 2. The maximum atomic E-state index is 12.3. The highest BCUT2D eigenvalue weighted by molar-refractivity contribution is 5.79. The van der Waals surface area contributed by atoms with Crippen LogP contribution in [0.5, 0.6) is 0 Å². The Kier molecular flexibility index (Phi) is 6.04. The molecule has 7 nitrogen and oxygen atoms in total. The molecule has 1 heterocycles. The number of hydrogen-bond donors (Lipinski definition) is 3. The highest BCUT2D eigenvalue weighted by Gasteiger charge is 2.29. The molecule has 1 amide bonds. The van der Waals surface area contributed by atoms with Crippen molar-refractivity contribution in [2.45, 2.75) is 44.4 Å². The van der Waals surface area contributed by atoms with Gasteiger partial charge in [0, 0.05) is 24.2 Å². The third-order valence-electron chi connectivity index (χ3n) is 5.80. The van der Waals surface area contributed by atoms with Crippen LogP contribution in [-0.2, 0) is 10.3 Å². The lowest BCUT2D eigenvalue weighted by atomic mass is 9.98. The van der Waals surface area contributed by atoms with Crippen molar-refractivity contribution in [3.05, 3.63) is 77.6 Å². The fraction of sp³-hybridized carbons (Fsp3) is 0.360. The van der Waals surface area contributed by atoms with Crippen LogP contribution in [-0.4, -0.2) is 45.3 Å². The van der Waals surface area contributed by atoms with Crippen molar-refractivity contribution < 1.29 is 19.7 Å². The number of rotatable bonds is 6. The van der Waals surface area contributed by atoms with Crippen molar-refractivity contribution in [3.8, 4) is 11.1 Å². The fourth-order valence-electron chi connectivity index (χ4n) is 4.03. The molecular weight excluding hydrogens is 406 g/mol. The lowest BCUT2D eigenvalue weighted by Crippen LogP contribution is -2.36. The van der Waals surface area contributed by atoms with Gasteiger partial charge in [0.25, 0.3) is 0 Å². The zero-order chi connectivity index (χ0) is 22.9. The molecule has 32 heavy (non-hydrogen) atoms. The summed E-state index contributed by atoms with van der Waals surface area (Å²) in [6.45, 7) is 6.03. The number of alkyl carbamates (subject to hydrolysis) is 1. The van der Waals surface area contributed by atoms with E-state index in [0.29, 0.717) is 5.56 Å².